The first-order chi connectivity index (χ1) is 12.1. The number of rotatable bonds is 4. The van der Waals surface area contributed by atoms with Gasteiger partial charge in [0.1, 0.15) is 0 Å². The lowest BCUT2D eigenvalue weighted by Crippen LogP contribution is -2.39. The molecular weight excluding hydrogens is 318 g/mol. The molecule has 25 heavy (non-hydrogen) atoms. The molecule has 0 N–H and O–H groups in total. The van der Waals surface area contributed by atoms with Crippen LogP contribution in [0.2, 0.25) is 0 Å². The maximum Gasteiger partial charge on any atom is 0.252 e. The minimum absolute atomic E-state index is 0.0694. The summed E-state index contributed by atoms with van der Waals surface area (Å²) in [6.07, 6.45) is 5.93. The van der Waals surface area contributed by atoms with E-state index in [1.165, 1.54) is 0 Å². The quantitative estimate of drug-likeness (QED) is 0.713. The zero-order valence-corrected chi connectivity index (χ0v) is 14.5. The van der Waals surface area contributed by atoms with Gasteiger partial charge in [-0.25, -0.2) is 9.50 Å². The molecule has 3 aromatic heterocycles. The number of hydrogen-bond donors (Lipinski definition) is 0. The van der Waals surface area contributed by atoms with E-state index in [4.69, 9.17) is 0 Å². The van der Waals surface area contributed by atoms with Gasteiger partial charge in [-0.3, -0.25) is 9.48 Å². The van der Waals surface area contributed by atoms with Gasteiger partial charge in [-0.1, -0.05) is 0 Å². The Labute approximate surface area is 145 Å². The fourth-order valence-corrected chi connectivity index (χ4v) is 3.50. The van der Waals surface area contributed by atoms with Gasteiger partial charge in [0, 0.05) is 30.3 Å². The highest BCUT2D eigenvalue weighted by molar-refractivity contribution is 5.78. The van der Waals surface area contributed by atoms with Gasteiger partial charge < -0.3 is 4.90 Å². The molecule has 8 nitrogen and oxygen atoms in total. The van der Waals surface area contributed by atoms with Crippen LogP contribution in [0.4, 0.5) is 0 Å². The van der Waals surface area contributed by atoms with Crippen LogP contribution in [0.5, 0.6) is 0 Å². The van der Waals surface area contributed by atoms with Gasteiger partial charge in [-0.05, 0) is 38.8 Å². The molecule has 0 aliphatic carbocycles. The molecule has 1 aliphatic rings. The second kappa shape index (κ2) is 6.27. The first kappa shape index (κ1) is 15.7. The van der Waals surface area contributed by atoms with E-state index >= 15 is 0 Å². The Hall–Kier alpha value is -2.77. The standard InChI is InChI=1S/C17H21N7O/c1-12-9-13(2)24-17(19-12)20-15(21-24)10-16(25)23-8-3-5-14(23)11-22-7-4-6-18-22/h4,6-7,9,14H,3,5,8,10-11H2,1-2H3/t14-/m1/s1. The summed E-state index contributed by atoms with van der Waals surface area (Å²) < 4.78 is 3.58. The van der Waals surface area contributed by atoms with Crippen LogP contribution in [-0.2, 0) is 17.8 Å². The molecule has 0 saturated carbocycles. The fourth-order valence-electron chi connectivity index (χ4n) is 3.50. The topological polar surface area (TPSA) is 81.2 Å². The summed E-state index contributed by atoms with van der Waals surface area (Å²) >= 11 is 0. The number of carbonyl (C=O) groups is 1. The van der Waals surface area contributed by atoms with Gasteiger partial charge >= 0.3 is 0 Å². The predicted molar refractivity (Wildman–Crippen MR) is 90.9 cm³/mol. The van der Waals surface area contributed by atoms with Crippen LogP contribution in [0.3, 0.4) is 0 Å². The van der Waals surface area contributed by atoms with Gasteiger partial charge in [-0.2, -0.15) is 10.1 Å². The molecule has 1 saturated heterocycles. The highest BCUT2D eigenvalue weighted by atomic mass is 16.2. The molecule has 4 heterocycles. The maximum absolute atomic E-state index is 12.8. The lowest BCUT2D eigenvalue weighted by Gasteiger charge is -2.24. The predicted octanol–water partition coefficient (Wildman–Crippen LogP) is 1.17. The number of fused-ring (bicyclic) bond motifs is 1. The van der Waals surface area contributed by atoms with Crippen molar-refractivity contribution in [3.05, 3.63) is 41.7 Å². The van der Waals surface area contributed by atoms with Crippen molar-refractivity contribution in [3.63, 3.8) is 0 Å². The molecule has 0 aromatic carbocycles. The Balaban J connectivity index is 1.50. The van der Waals surface area contributed by atoms with Gasteiger partial charge in [0.2, 0.25) is 5.91 Å². The van der Waals surface area contributed by atoms with E-state index in [-0.39, 0.29) is 18.4 Å². The van der Waals surface area contributed by atoms with Crippen molar-refractivity contribution in [2.75, 3.05) is 6.54 Å². The molecule has 0 radical (unpaired) electrons. The minimum atomic E-state index is 0.0694. The van der Waals surface area contributed by atoms with E-state index < -0.39 is 0 Å². The largest absolute Gasteiger partial charge is 0.337 e. The Morgan fingerprint density at radius 2 is 2.20 bits per heavy atom. The van der Waals surface area contributed by atoms with Crippen molar-refractivity contribution in [3.8, 4) is 0 Å². The van der Waals surface area contributed by atoms with Crippen molar-refractivity contribution >= 4 is 11.7 Å². The van der Waals surface area contributed by atoms with E-state index in [9.17, 15) is 4.79 Å². The second-order valence-corrected chi connectivity index (χ2v) is 6.57. The third-order valence-corrected chi connectivity index (χ3v) is 4.63. The smallest absolute Gasteiger partial charge is 0.252 e. The highest BCUT2D eigenvalue weighted by Gasteiger charge is 2.29. The van der Waals surface area contributed by atoms with Crippen molar-refractivity contribution in [1.82, 2.24) is 34.3 Å². The Kier molecular flexibility index (Phi) is 3.95. The SMILES string of the molecule is Cc1cc(C)n2nc(CC(=O)N3CCC[C@@H]3Cn3cccn3)nc2n1. The lowest BCUT2D eigenvalue weighted by atomic mass is 10.2. The second-order valence-electron chi connectivity index (χ2n) is 6.57. The summed E-state index contributed by atoms with van der Waals surface area (Å²) in [6.45, 7) is 5.41. The molecule has 0 spiro atoms. The normalized spacial score (nSPS) is 17.5. The molecule has 1 amide bonds. The number of amides is 1. The van der Waals surface area contributed by atoms with Crippen molar-refractivity contribution in [2.45, 2.75) is 45.7 Å². The molecule has 130 valence electrons. The molecule has 1 fully saturated rings. The van der Waals surface area contributed by atoms with Crippen LogP contribution < -0.4 is 0 Å². The van der Waals surface area contributed by atoms with Gasteiger partial charge in [0.05, 0.1) is 19.0 Å². The Morgan fingerprint density at radius 3 is 3.00 bits per heavy atom. The van der Waals surface area contributed by atoms with Crippen LogP contribution in [0, 0.1) is 13.8 Å². The lowest BCUT2D eigenvalue weighted by molar-refractivity contribution is -0.131. The minimum Gasteiger partial charge on any atom is -0.337 e. The molecule has 3 aromatic rings. The summed E-state index contributed by atoms with van der Waals surface area (Å²) in [5, 5.41) is 8.69. The average Bonchev–Trinajstić information content (AvgIpc) is 3.28. The van der Waals surface area contributed by atoms with Crippen molar-refractivity contribution in [1.29, 1.82) is 0 Å². The molecule has 8 heteroatoms. The van der Waals surface area contributed by atoms with E-state index in [1.807, 2.05) is 41.8 Å². The van der Waals surface area contributed by atoms with Gasteiger partial charge in [-0.15, -0.1) is 5.10 Å². The summed E-state index contributed by atoms with van der Waals surface area (Å²) in [5.74, 6) is 1.14. The van der Waals surface area contributed by atoms with Crippen LogP contribution in [-0.4, -0.2) is 52.8 Å². The fraction of sp³-hybridized carbons (Fsp3) is 0.471. The zero-order valence-electron chi connectivity index (χ0n) is 14.5. The van der Waals surface area contributed by atoms with E-state index in [0.29, 0.717) is 11.6 Å². The van der Waals surface area contributed by atoms with E-state index in [2.05, 4.69) is 20.2 Å². The Morgan fingerprint density at radius 1 is 1.32 bits per heavy atom. The van der Waals surface area contributed by atoms with Crippen LogP contribution in [0.25, 0.3) is 5.78 Å². The maximum atomic E-state index is 12.8. The number of aromatic nitrogens is 6. The summed E-state index contributed by atoms with van der Waals surface area (Å²) in [4.78, 5) is 23.5. The summed E-state index contributed by atoms with van der Waals surface area (Å²) in [6, 6.07) is 4.04. The van der Waals surface area contributed by atoms with Gasteiger partial charge in [0.15, 0.2) is 5.82 Å². The Bertz CT molecular complexity index is 899. The van der Waals surface area contributed by atoms with E-state index in [0.717, 1.165) is 37.3 Å². The highest BCUT2D eigenvalue weighted by Crippen LogP contribution is 2.20. The van der Waals surface area contributed by atoms with Crippen LogP contribution in [0.15, 0.2) is 24.5 Å². The molecule has 1 atom stereocenters. The summed E-state index contributed by atoms with van der Waals surface area (Å²) in [7, 11) is 0. The third kappa shape index (κ3) is 3.11. The third-order valence-electron chi connectivity index (χ3n) is 4.63. The molecule has 0 unspecified atom stereocenters. The molecule has 1 aliphatic heterocycles. The number of aryl methyl sites for hydroxylation is 2. The number of likely N-dealkylation sites (tertiary alicyclic amines) is 1. The molecule has 4 rings (SSSR count). The summed E-state index contributed by atoms with van der Waals surface area (Å²) in [5.41, 5.74) is 1.86. The monoisotopic (exact) mass is 339 g/mol. The first-order valence-corrected chi connectivity index (χ1v) is 8.57. The van der Waals surface area contributed by atoms with Crippen LogP contribution in [0.1, 0.15) is 30.1 Å². The molecular formula is C17H21N7O. The first-order valence-electron chi connectivity index (χ1n) is 8.57. The number of carbonyl (C=O) groups excluding carboxylic acids is 1. The number of hydrogen-bond acceptors (Lipinski definition) is 5. The molecule has 0 bridgehead atoms. The van der Waals surface area contributed by atoms with E-state index in [1.54, 1.807) is 10.7 Å². The number of nitrogens with zero attached hydrogens (tertiary/aromatic N) is 7. The van der Waals surface area contributed by atoms with Crippen molar-refractivity contribution in [2.24, 2.45) is 0 Å². The zero-order chi connectivity index (χ0) is 17.4. The average molecular weight is 339 g/mol. The van der Waals surface area contributed by atoms with Gasteiger partial charge in [0.25, 0.3) is 5.78 Å². The van der Waals surface area contributed by atoms with Crippen LogP contribution >= 0.6 is 0 Å². The van der Waals surface area contributed by atoms with Crippen molar-refractivity contribution < 1.29 is 4.79 Å².